The molecular weight excluding hydrogens is 338 g/mol. The minimum atomic E-state index is -3.91. The SMILES string of the molecule is CC1CNCCC1NS(=O)(=O)c1ccccc1OC(F)F.Cl. The number of alkyl halides is 2. The van der Waals surface area contributed by atoms with E-state index in [4.69, 9.17) is 0 Å². The summed E-state index contributed by atoms with van der Waals surface area (Å²) in [5.41, 5.74) is 0. The Morgan fingerprint density at radius 1 is 1.36 bits per heavy atom. The fraction of sp³-hybridized carbons (Fsp3) is 0.538. The lowest BCUT2D eigenvalue weighted by Gasteiger charge is -2.30. The molecule has 1 aromatic carbocycles. The van der Waals surface area contributed by atoms with Gasteiger partial charge in [-0.05, 0) is 37.6 Å². The quantitative estimate of drug-likeness (QED) is 0.846. The van der Waals surface area contributed by atoms with Crippen molar-refractivity contribution in [3.05, 3.63) is 24.3 Å². The summed E-state index contributed by atoms with van der Waals surface area (Å²) < 4.78 is 56.4. The van der Waals surface area contributed by atoms with E-state index in [2.05, 4.69) is 14.8 Å². The second-order valence-corrected chi connectivity index (χ2v) is 6.71. The van der Waals surface area contributed by atoms with Gasteiger partial charge >= 0.3 is 6.61 Å². The Morgan fingerprint density at radius 2 is 2.05 bits per heavy atom. The van der Waals surface area contributed by atoms with Crippen molar-refractivity contribution in [2.24, 2.45) is 5.92 Å². The molecule has 0 aromatic heterocycles. The summed E-state index contributed by atoms with van der Waals surface area (Å²) >= 11 is 0. The van der Waals surface area contributed by atoms with E-state index in [9.17, 15) is 17.2 Å². The molecule has 1 aromatic rings. The lowest BCUT2D eigenvalue weighted by Crippen LogP contribution is -2.48. The van der Waals surface area contributed by atoms with Gasteiger partial charge in [0.15, 0.2) is 0 Å². The van der Waals surface area contributed by atoms with E-state index in [1.54, 1.807) is 0 Å². The van der Waals surface area contributed by atoms with Crippen molar-refractivity contribution in [1.29, 1.82) is 0 Å². The molecular formula is C13H19ClF2N2O3S. The Morgan fingerprint density at radius 3 is 2.68 bits per heavy atom. The van der Waals surface area contributed by atoms with Crippen LogP contribution in [0.3, 0.4) is 0 Å². The van der Waals surface area contributed by atoms with Gasteiger partial charge in [-0.1, -0.05) is 19.1 Å². The van der Waals surface area contributed by atoms with Crippen LogP contribution >= 0.6 is 12.4 Å². The number of hydrogen-bond acceptors (Lipinski definition) is 4. The van der Waals surface area contributed by atoms with Gasteiger partial charge in [-0.3, -0.25) is 0 Å². The number of piperidine rings is 1. The van der Waals surface area contributed by atoms with E-state index >= 15 is 0 Å². The molecule has 1 aliphatic heterocycles. The fourth-order valence-electron chi connectivity index (χ4n) is 2.32. The number of ether oxygens (including phenoxy) is 1. The monoisotopic (exact) mass is 356 g/mol. The standard InChI is InChI=1S/C13H18F2N2O3S.ClH/c1-9-8-16-7-6-10(9)17-21(18,19)12-5-3-2-4-11(12)20-13(14)15;/h2-5,9-10,13,16-17H,6-8H2,1H3;1H. The first-order valence-electron chi connectivity index (χ1n) is 6.67. The van der Waals surface area contributed by atoms with Crippen LogP contribution in [0.2, 0.25) is 0 Å². The maximum Gasteiger partial charge on any atom is 0.387 e. The van der Waals surface area contributed by atoms with Crippen molar-refractivity contribution in [2.75, 3.05) is 13.1 Å². The van der Waals surface area contributed by atoms with E-state index in [0.717, 1.165) is 0 Å². The molecule has 2 unspecified atom stereocenters. The number of halogens is 3. The summed E-state index contributed by atoms with van der Waals surface area (Å²) in [5.74, 6) is -0.224. The van der Waals surface area contributed by atoms with Gasteiger partial charge in [0.2, 0.25) is 10.0 Å². The number of sulfonamides is 1. The number of rotatable bonds is 5. The highest BCUT2D eigenvalue weighted by Crippen LogP contribution is 2.26. The smallest absolute Gasteiger partial charge is 0.387 e. The predicted octanol–water partition coefficient (Wildman–Crippen LogP) is 1.99. The molecule has 2 rings (SSSR count). The van der Waals surface area contributed by atoms with Gasteiger partial charge < -0.3 is 10.1 Å². The van der Waals surface area contributed by atoms with E-state index in [1.165, 1.54) is 24.3 Å². The van der Waals surface area contributed by atoms with Crippen molar-refractivity contribution in [3.8, 4) is 5.75 Å². The van der Waals surface area contributed by atoms with E-state index < -0.39 is 16.6 Å². The molecule has 22 heavy (non-hydrogen) atoms. The highest BCUT2D eigenvalue weighted by Gasteiger charge is 2.28. The van der Waals surface area contributed by atoms with Crippen molar-refractivity contribution in [2.45, 2.75) is 30.9 Å². The molecule has 126 valence electrons. The van der Waals surface area contributed by atoms with Gasteiger partial charge in [-0.2, -0.15) is 8.78 Å². The molecule has 5 nitrogen and oxygen atoms in total. The largest absolute Gasteiger partial charge is 0.433 e. The molecule has 1 saturated heterocycles. The van der Waals surface area contributed by atoms with Crippen LogP contribution in [0.4, 0.5) is 8.78 Å². The molecule has 0 radical (unpaired) electrons. The van der Waals surface area contributed by atoms with Gasteiger partial charge in [-0.15, -0.1) is 12.4 Å². The lowest BCUT2D eigenvalue weighted by atomic mass is 9.97. The van der Waals surface area contributed by atoms with Crippen molar-refractivity contribution < 1.29 is 21.9 Å². The third-order valence-electron chi connectivity index (χ3n) is 3.45. The zero-order chi connectivity index (χ0) is 15.5. The Balaban J connectivity index is 0.00000242. The summed E-state index contributed by atoms with van der Waals surface area (Å²) in [6, 6.07) is 5.16. The van der Waals surface area contributed by atoms with E-state index in [1.807, 2.05) is 6.92 Å². The topological polar surface area (TPSA) is 67.4 Å². The van der Waals surface area contributed by atoms with Gasteiger partial charge in [-0.25, -0.2) is 13.1 Å². The van der Waals surface area contributed by atoms with Crippen molar-refractivity contribution in [3.63, 3.8) is 0 Å². The second-order valence-electron chi connectivity index (χ2n) is 5.02. The van der Waals surface area contributed by atoms with Crippen molar-refractivity contribution in [1.82, 2.24) is 10.0 Å². The maximum atomic E-state index is 12.4. The van der Waals surface area contributed by atoms with E-state index in [0.29, 0.717) is 19.5 Å². The minimum absolute atomic E-state index is 0. The average molecular weight is 357 g/mol. The summed E-state index contributed by atoms with van der Waals surface area (Å²) in [7, 11) is -3.91. The molecule has 0 spiro atoms. The van der Waals surface area contributed by atoms with Gasteiger partial charge in [0, 0.05) is 6.04 Å². The third-order valence-corrected chi connectivity index (χ3v) is 4.98. The summed E-state index contributed by atoms with van der Waals surface area (Å²) in [6.45, 7) is 0.287. The van der Waals surface area contributed by atoms with Gasteiger partial charge in [0.1, 0.15) is 10.6 Å². The van der Waals surface area contributed by atoms with Crippen LogP contribution in [0.1, 0.15) is 13.3 Å². The zero-order valence-corrected chi connectivity index (χ0v) is 13.6. The Bertz CT molecular complexity index is 586. The minimum Gasteiger partial charge on any atom is -0.433 e. The average Bonchev–Trinajstić information content (AvgIpc) is 2.41. The molecule has 0 bridgehead atoms. The van der Waals surface area contributed by atoms with Crippen LogP contribution in [0, 0.1) is 5.92 Å². The molecule has 1 aliphatic rings. The highest BCUT2D eigenvalue weighted by atomic mass is 35.5. The van der Waals surface area contributed by atoms with Crippen LogP contribution in [0.5, 0.6) is 5.75 Å². The number of nitrogens with one attached hydrogen (secondary N) is 2. The molecule has 1 fully saturated rings. The number of benzene rings is 1. The fourth-order valence-corrected chi connectivity index (χ4v) is 3.83. The van der Waals surface area contributed by atoms with Gasteiger partial charge in [0.05, 0.1) is 0 Å². The van der Waals surface area contributed by atoms with Crippen molar-refractivity contribution >= 4 is 22.4 Å². The lowest BCUT2D eigenvalue weighted by molar-refractivity contribution is -0.0517. The molecule has 2 atom stereocenters. The molecule has 9 heteroatoms. The van der Waals surface area contributed by atoms with E-state index in [-0.39, 0.29) is 35.0 Å². The Kier molecular flexibility index (Phi) is 6.98. The molecule has 1 heterocycles. The third kappa shape index (κ3) is 4.77. The van der Waals surface area contributed by atoms with Crippen LogP contribution in [0.25, 0.3) is 0 Å². The predicted molar refractivity (Wildman–Crippen MR) is 81.1 cm³/mol. The number of para-hydroxylation sites is 1. The Hall–Kier alpha value is -0.960. The molecule has 2 N–H and O–H groups in total. The number of hydrogen-bond donors (Lipinski definition) is 2. The van der Waals surface area contributed by atoms with Crippen LogP contribution < -0.4 is 14.8 Å². The van der Waals surface area contributed by atoms with Gasteiger partial charge in [0.25, 0.3) is 0 Å². The summed E-state index contributed by atoms with van der Waals surface area (Å²) in [5, 5.41) is 3.17. The maximum absolute atomic E-state index is 12.4. The zero-order valence-electron chi connectivity index (χ0n) is 12.0. The highest BCUT2D eigenvalue weighted by molar-refractivity contribution is 7.89. The normalized spacial score (nSPS) is 22.2. The van der Waals surface area contributed by atoms with Crippen LogP contribution in [-0.2, 0) is 10.0 Å². The first-order valence-corrected chi connectivity index (χ1v) is 8.15. The molecule has 0 saturated carbocycles. The van der Waals surface area contributed by atoms with Crippen LogP contribution in [0.15, 0.2) is 29.2 Å². The summed E-state index contributed by atoms with van der Waals surface area (Å²) in [6.07, 6.45) is 0.651. The first kappa shape index (κ1) is 19.1. The molecule has 0 amide bonds. The van der Waals surface area contributed by atoms with Crippen LogP contribution in [-0.4, -0.2) is 34.2 Å². The second kappa shape index (κ2) is 8.05. The molecule has 0 aliphatic carbocycles. The Labute approximate surface area is 134 Å². The summed E-state index contributed by atoms with van der Waals surface area (Å²) in [4.78, 5) is -0.268. The first-order chi connectivity index (χ1) is 9.90.